The molecule has 32 heavy (non-hydrogen) atoms. The molecule has 0 aliphatic heterocycles. The molecular formula is C22H24N8O2. The van der Waals surface area contributed by atoms with E-state index in [1.54, 1.807) is 40.0 Å². The van der Waals surface area contributed by atoms with Gasteiger partial charge in [0.15, 0.2) is 11.6 Å². The molecular weight excluding hydrogens is 408 g/mol. The Morgan fingerprint density at radius 1 is 0.938 bits per heavy atom. The van der Waals surface area contributed by atoms with Gasteiger partial charge in [0.05, 0.1) is 17.9 Å². The molecule has 0 spiro atoms. The Hall–Kier alpha value is -4.08. The van der Waals surface area contributed by atoms with Crippen molar-refractivity contribution < 1.29 is 9.53 Å². The molecule has 0 aliphatic rings. The van der Waals surface area contributed by atoms with Crippen molar-refractivity contribution >= 4 is 17.6 Å². The maximum absolute atomic E-state index is 12.6. The lowest BCUT2D eigenvalue weighted by Gasteiger charge is -2.12. The molecule has 4 aromatic rings. The third-order valence-electron chi connectivity index (χ3n) is 4.86. The van der Waals surface area contributed by atoms with Crippen molar-refractivity contribution in [2.45, 2.75) is 19.8 Å². The molecule has 0 fully saturated rings. The van der Waals surface area contributed by atoms with Crippen LogP contribution in [0, 0.1) is 0 Å². The molecule has 0 bridgehead atoms. The van der Waals surface area contributed by atoms with E-state index in [0.717, 1.165) is 24.2 Å². The van der Waals surface area contributed by atoms with Crippen LogP contribution in [0.5, 0.6) is 0 Å². The Bertz CT molecular complexity index is 1170. The predicted octanol–water partition coefficient (Wildman–Crippen LogP) is 3.37. The number of para-hydroxylation sites is 1. The predicted molar refractivity (Wildman–Crippen MR) is 119 cm³/mol. The summed E-state index contributed by atoms with van der Waals surface area (Å²) in [6, 6.07) is 10.8. The fourth-order valence-corrected chi connectivity index (χ4v) is 3.12. The van der Waals surface area contributed by atoms with Gasteiger partial charge in [-0.3, -0.25) is 9.36 Å². The Balaban J connectivity index is 1.72. The number of carbonyl (C=O) groups excluding carboxylic acids is 1. The van der Waals surface area contributed by atoms with Gasteiger partial charge in [-0.2, -0.15) is 20.2 Å². The Morgan fingerprint density at radius 2 is 1.56 bits per heavy atom. The highest BCUT2D eigenvalue weighted by atomic mass is 16.5. The van der Waals surface area contributed by atoms with Crippen molar-refractivity contribution in [3.63, 3.8) is 0 Å². The van der Waals surface area contributed by atoms with Crippen LogP contribution in [0.4, 0.5) is 11.6 Å². The maximum Gasteiger partial charge on any atom is 0.340 e. The van der Waals surface area contributed by atoms with E-state index < -0.39 is 5.97 Å². The van der Waals surface area contributed by atoms with Crippen LogP contribution in [0.2, 0.25) is 0 Å². The first-order valence-corrected chi connectivity index (χ1v) is 10.3. The second-order valence-corrected chi connectivity index (χ2v) is 7.15. The van der Waals surface area contributed by atoms with Crippen LogP contribution >= 0.6 is 0 Å². The van der Waals surface area contributed by atoms with E-state index in [4.69, 9.17) is 4.74 Å². The van der Waals surface area contributed by atoms with Crippen LogP contribution in [0.25, 0.3) is 23.0 Å². The zero-order chi connectivity index (χ0) is 22.5. The van der Waals surface area contributed by atoms with Crippen LogP contribution in [-0.2, 0) is 18.8 Å². The van der Waals surface area contributed by atoms with E-state index in [1.165, 1.54) is 0 Å². The SMILES string of the molecule is CCCCOC(=O)c1ccccc1Nc1nc(-c2ccnn2C)nc(-c2ccnn2C)n1. The molecule has 0 radical (unpaired) electrons. The van der Waals surface area contributed by atoms with Crippen molar-refractivity contribution in [1.82, 2.24) is 34.5 Å². The van der Waals surface area contributed by atoms with Gasteiger partial charge >= 0.3 is 5.97 Å². The molecule has 3 heterocycles. The second-order valence-electron chi connectivity index (χ2n) is 7.15. The average Bonchev–Trinajstić information content (AvgIpc) is 3.42. The van der Waals surface area contributed by atoms with Gasteiger partial charge in [0, 0.05) is 26.5 Å². The van der Waals surface area contributed by atoms with Crippen molar-refractivity contribution in [3.05, 3.63) is 54.4 Å². The summed E-state index contributed by atoms with van der Waals surface area (Å²) < 4.78 is 8.76. The zero-order valence-electron chi connectivity index (χ0n) is 18.2. The number of hydrogen-bond acceptors (Lipinski definition) is 8. The summed E-state index contributed by atoms with van der Waals surface area (Å²) in [6.07, 6.45) is 5.12. The molecule has 10 nitrogen and oxygen atoms in total. The Kier molecular flexibility index (Phi) is 6.20. The molecule has 10 heteroatoms. The first-order chi connectivity index (χ1) is 15.6. The summed E-state index contributed by atoms with van der Waals surface area (Å²) in [7, 11) is 3.63. The minimum atomic E-state index is -0.394. The lowest BCUT2D eigenvalue weighted by molar-refractivity contribution is 0.0501. The molecule has 0 atom stereocenters. The van der Waals surface area contributed by atoms with Crippen molar-refractivity contribution in [3.8, 4) is 23.0 Å². The number of nitrogens with one attached hydrogen (secondary N) is 1. The van der Waals surface area contributed by atoms with Crippen LogP contribution < -0.4 is 5.32 Å². The number of ether oxygens (including phenoxy) is 1. The smallest absolute Gasteiger partial charge is 0.340 e. The summed E-state index contributed by atoms with van der Waals surface area (Å²) in [5, 5.41) is 11.6. The van der Waals surface area contributed by atoms with Crippen LogP contribution in [0.1, 0.15) is 30.1 Å². The quantitative estimate of drug-likeness (QED) is 0.333. The highest BCUT2D eigenvalue weighted by molar-refractivity contribution is 5.96. The largest absolute Gasteiger partial charge is 0.462 e. The minimum Gasteiger partial charge on any atom is -0.462 e. The number of anilines is 2. The highest BCUT2D eigenvalue weighted by Crippen LogP contribution is 2.24. The standard InChI is InChI=1S/C22H24N8O2/c1-4-5-14-32-21(31)15-8-6-7-9-16(15)25-22-27-19(17-10-12-23-29(17)2)26-20(28-22)18-11-13-24-30(18)3/h6-13H,4-5,14H2,1-3H3,(H,25,26,27,28). The highest BCUT2D eigenvalue weighted by Gasteiger charge is 2.17. The summed E-state index contributed by atoms with van der Waals surface area (Å²) in [5.74, 6) is 0.791. The van der Waals surface area contributed by atoms with Crippen LogP contribution in [-0.4, -0.2) is 47.1 Å². The third kappa shape index (κ3) is 4.48. The molecule has 4 rings (SSSR count). The summed E-state index contributed by atoms with van der Waals surface area (Å²) >= 11 is 0. The van der Waals surface area contributed by atoms with Crippen molar-refractivity contribution in [1.29, 1.82) is 0 Å². The van der Waals surface area contributed by atoms with Crippen molar-refractivity contribution in [2.75, 3.05) is 11.9 Å². The summed E-state index contributed by atoms with van der Waals surface area (Å²) in [5.41, 5.74) is 2.41. The summed E-state index contributed by atoms with van der Waals surface area (Å²) in [4.78, 5) is 26.3. The number of aryl methyl sites for hydroxylation is 2. The molecule has 0 amide bonds. The minimum absolute atomic E-state index is 0.293. The number of esters is 1. The van der Waals surface area contributed by atoms with E-state index >= 15 is 0 Å². The third-order valence-corrected chi connectivity index (χ3v) is 4.86. The fourth-order valence-electron chi connectivity index (χ4n) is 3.12. The molecule has 0 saturated heterocycles. The fraction of sp³-hybridized carbons (Fsp3) is 0.273. The normalized spacial score (nSPS) is 10.8. The van der Waals surface area contributed by atoms with Gasteiger partial charge in [-0.05, 0) is 30.7 Å². The van der Waals surface area contributed by atoms with E-state index in [-0.39, 0.29) is 0 Å². The Morgan fingerprint density at radius 3 is 2.12 bits per heavy atom. The number of carbonyl (C=O) groups is 1. The van der Waals surface area contributed by atoms with Gasteiger partial charge in [0.1, 0.15) is 11.4 Å². The van der Waals surface area contributed by atoms with Gasteiger partial charge in [-0.15, -0.1) is 0 Å². The van der Waals surface area contributed by atoms with Gasteiger partial charge in [-0.25, -0.2) is 9.78 Å². The van der Waals surface area contributed by atoms with Gasteiger partial charge in [0.2, 0.25) is 5.95 Å². The lowest BCUT2D eigenvalue weighted by atomic mass is 10.2. The Labute approximate surface area is 185 Å². The number of aromatic nitrogens is 7. The zero-order valence-corrected chi connectivity index (χ0v) is 18.2. The molecule has 1 N–H and O–H groups in total. The van der Waals surface area contributed by atoms with Crippen LogP contribution in [0.15, 0.2) is 48.8 Å². The molecule has 164 valence electrons. The number of nitrogens with zero attached hydrogens (tertiary/aromatic N) is 7. The average molecular weight is 432 g/mol. The molecule has 0 aliphatic carbocycles. The molecule has 0 unspecified atom stereocenters. The number of rotatable bonds is 8. The van der Waals surface area contributed by atoms with Crippen molar-refractivity contribution in [2.24, 2.45) is 14.1 Å². The van der Waals surface area contributed by atoms with E-state index in [2.05, 4.69) is 30.5 Å². The van der Waals surface area contributed by atoms with Gasteiger partial charge < -0.3 is 10.1 Å². The molecule has 1 aromatic carbocycles. The van der Waals surface area contributed by atoms with Gasteiger partial charge in [0.25, 0.3) is 0 Å². The number of unbranched alkanes of at least 4 members (excludes halogenated alkanes) is 1. The monoisotopic (exact) mass is 432 g/mol. The number of hydrogen-bond donors (Lipinski definition) is 1. The maximum atomic E-state index is 12.6. The van der Waals surface area contributed by atoms with E-state index in [1.807, 2.05) is 39.2 Å². The number of benzene rings is 1. The molecule has 0 saturated carbocycles. The lowest BCUT2D eigenvalue weighted by Crippen LogP contribution is -2.11. The first kappa shape index (κ1) is 21.2. The first-order valence-electron chi connectivity index (χ1n) is 10.3. The second kappa shape index (κ2) is 9.38. The van der Waals surface area contributed by atoms with Crippen LogP contribution in [0.3, 0.4) is 0 Å². The molecule has 3 aromatic heterocycles. The topological polar surface area (TPSA) is 113 Å². The van der Waals surface area contributed by atoms with E-state index in [0.29, 0.717) is 35.5 Å². The summed E-state index contributed by atoms with van der Waals surface area (Å²) in [6.45, 7) is 2.43. The van der Waals surface area contributed by atoms with E-state index in [9.17, 15) is 4.79 Å². The van der Waals surface area contributed by atoms with Gasteiger partial charge in [-0.1, -0.05) is 25.5 Å².